The number of nitrogens with one attached hydrogen (secondary N) is 1. The van der Waals surface area contributed by atoms with E-state index in [1.807, 2.05) is 42.1 Å². The maximum Gasteiger partial charge on any atom is 0.419 e. The number of aliphatic hydroxyl groups is 1. The minimum absolute atomic E-state index is 0.0885. The maximum atomic E-state index is 13.7. The number of rotatable bonds is 15. The van der Waals surface area contributed by atoms with Gasteiger partial charge < -0.3 is 29.2 Å². The van der Waals surface area contributed by atoms with Gasteiger partial charge in [-0.3, -0.25) is 9.48 Å². The molecule has 7 rings (SSSR count). The van der Waals surface area contributed by atoms with Gasteiger partial charge in [0.2, 0.25) is 0 Å². The van der Waals surface area contributed by atoms with Crippen molar-refractivity contribution in [2.24, 2.45) is 7.05 Å². The highest BCUT2D eigenvalue weighted by atomic mass is 32.1. The van der Waals surface area contributed by atoms with Crippen LogP contribution in [0.2, 0.25) is 0 Å². The Hall–Kier alpha value is -6.22. The summed E-state index contributed by atoms with van der Waals surface area (Å²) in [5.41, 5.74) is 2.11. The van der Waals surface area contributed by atoms with Gasteiger partial charge in [0, 0.05) is 43.7 Å². The van der Waals surface area contributed by atoms with E-state index in [-0.39, 0.29) is 30.9 Å². The first kappa shape index (κ1) is 40.0. The van der Waals surface area contributed by atoms with Crippen LogP contribution in [0.4, 0.5) is 17.6 Å². The monoisotopic (exact) mass is 815 g/mol. The molecule has 0 saturated carbocycles. The number of fused-ring (bicyclic) bond motifs is 3. The molecule has 17 heteroatoms. The molecule has 0 aliphatic carbocycles. The van der Waals surface area contributed by atoms with Crippen molar-refractivity contribution < 1.29 is 36.9 Å². The lowest BCUT2D eigenvalue weighted by Crippen LogP contribution is -2.24. The quantitative estimate of drug-likeness (QED) is 0.0698. The first-order valence-corrected chi connectivity index (χ1v) is 18.9. The molecule has 0 fully saturated rings. The Morgan fingerprint density at radius 2 is 1.84 bits per heavy atom. The second-order valence-corrected chi connectivity index (χ2v) is 14.2. The van der Waals surface area contributed by atoms with Gasteiger partial charge in [-0.1, -0.05) is 30.0 Å². The summed E-state index contributed by atoms with van der Waals surface area (Å²) >= 11 is 1.49. The number of aromatic nitrogens is 6. The molecule has 0 amide bonds. The Bertz CT molecular complexity index is 2690. The largest absolute Gasteiger partial charge is 0.497 e. The molecule has 0 aliphatic heterocycles. The van der Waals surface area contributed by atoms with E-state index >= 15 is 0 Å². The summed E-state index contributed by atoms with van der Waals surface area (Å²) in [6.07, 6.45) is 0.802. The number of aliphatic hydroxyl groups excluding tert-OH is 1. The van der Waals surface area contributed by atoms with Crippen LogP contribution < -0.4 is 25.1 Å². The smallest absolute Gasteiger partial charge is 0.419 e. The second kappa shape index (κ2) is 17.5. The number of methoxy groups -OCH3 is 1. The average molecular weight is 816 g/mol. The van der Waals surface area contributed by atoms with Crippen molar-refractivity contribution in [3.8, 4) is 29.1 Å². The van der Waals surface area contributed by atoms with Crippen LogP contribution in [0.15, 0.2) is 84.0 Å². The van der Waals surface area contributed by atoms with Crippen LogP contribution >= 0.6 is 11.3 Å². The molecular formula is C41H37F4N7O5S. The fourth-order valence-electron chi connectivity index (χ4n) is 6.26. The van der Waals surface area contributed by atoms with E-state index in [0.717, 1.165) is 38.4 Å². The SMILES string of the molecule is COc1cccc(Cn2ncc3c4sc(Cn5cc(C#CCCOc6ccc(OCc7ccc(F)c(C(F)(F)F)c7)c(CNCCO)c6)cn5)nc4n(C)c3c2=O)c1. The van der Waals surface area contributed by atoms with Crippen LogP contribution in [-0.4, -0.2) is 61.1 Å². The Balaban J connectivity index is 0.949. The van der Waals surface area contributed by atoms with Crippen LogP contribution in [0.5, 0.6) is 17.2 Å². The molecule has 0 radical (unpaired) electrons. The molecule has 0 spiro atoms. The summed E-state index contributed by atoms with van der Waals surface area (Å²) in [6.45, 7) is 1.31. The molecule has 0 bridgehead atoms. The van der Waals surface area contributed by atoms with Gasteiger partial charge in [-0.15, -0.1) is 11.3 Å². The number of hydrogen-bond acceptors (Lipinski definition) is 10. The first-order chi connectivity index (χ1) is 28.0. The Morgan fingerprint density at radius 3 is 2.66 bits per heavy atom. The van der Waals surface area contributed by atoms with Crippen molar-refractivity contribution in [2.45, 2.75) is 38.8 Å². The van der Waals surface area contributed by atoms with Crippen LogP contribution in [-0.2, 0) is 39.5 Å². The van der Waals surface area contributed by atoms with Gasteiger partial charge in [0.1, 0.15) is 40.2 Å². The molecule has 58 heavy (non-hydrogen) atoms. The summed E-state index contributed by atoms with van der Waals surface area (Å²) in [5.74, 6) is 6.47. The average Bonchev–Trinajstić information content (AvgIpc) is 3.91. The predicted molar refractivity (Wildman–Crippen MR) is 210 cm³/mol. The predicted octanol–water partition coefficient (Wildman–Crippen LogP) is 6.29. The molecule has 4 aromatic heterocycles. The van der Waals surface area contributed by atoms with Gasteiger partial charge in [-0.25, -0.2) is 14.1 Å². The molecule has 4 heterocycles. The number of aryl methyl sites for hydroxylation is 1. The van der Waals surface area contributed by atoms with Gasteiger partial charge in [0.15, 0.2) is 5.65 Å². The zero-order valence-electron chi connectivity index (χ0n) is 31.3. The highest BCUT2D eigenvalue weighted by Gasteiger charge is 2.34. The van der Waals surface area contributed by atoms with Gasteiger partial charge in [0.05, 0.1) is 61.6 Å². The third-order valence-electron chi connectivity index (χ3n) is 9.06. The van der Waals surface area contributed by atoms with Crippen LogP contribution in [0.3, 0.4) is 0 Å². The van der Waals surface area contributed by atoms with E-state index in [2.05, 4.69) is 27.4 Å². The van der Waals surface area contributed by atoms with E-state index in [1.54, 1.807) is 42.4 Å². The van der Waals surface area contributed by atoms with Gasteiger partial charge in [-0.05, 0) is 53.6 Å². The number of hydrogen-bond donors (Lipinski definition) is 2. The number of alkyl halides is 3. The van der Waals surface area contributed by atoms with E-state index in [9.17, 15) is 27.5 Å². The van der Waals surface area contributed by atoms with Crippen molar-refractivity contribution in [1.82, 2.24) is 34.4 Å². The summed E-state index contributed by atoms with van der Waals surface area (Å²) < 4.78 is 76.2. The van der Waals surface area contributed by atoms with Crippen molar-refractivity contribution in [2.75, 3.05) is 26.9 Å². The van der Waals surface area contributed by atoms with Crippen molar-refractivity contribution in [3.63, 3.8) is 0 Å². The number of halogens is 4. The van der Waals surface area contributed by atoms with E-state index in [0.29, 0.717) is 66.6 Å². The molecule has 0 unspecified atom stereocenters. The third-order valence-corrected chi connectivity index (χ3v) is 10.1. The molecule has 0 aliphatic rings. The topological polar surface area (TPSA) is 130 Å². The lowest BCUT2D eigenvalue weighted by molar-refractivity contribution is -0.140. The Morgan fingerprint density at radius 1 is 0.983 bits per heavy atom. The van der Waals surface area contributed by atoms with Crippen molar-refractivity contribution >= 4 is 32.6 Å². The lowest BCUT2D eigenvalue weighted by atomic mass is 10.1. The normalized spacial score (nSPS) is 11.6. The van der Waals surface area contributed by atoms with Crippen LogP contribution in [0, 0.1) is 17.7 Å². The highest BCUT2D eigenvalue weighted by Crippen LogP contribution is 2.33. The minimum Gasteiger partial charge on any atom is -0.497 e. The summed E-state index contributed by atoms with van der Waals surface area (Å²) in [5, 5.41) is 22.7. The first-order valence-electron chi connectivity index (χ1n) is 18.0. The number of ether oxygens (including phenoxy) is 3. The van der Waals surface area contributed by atoms with Crippen molar-refractivity contribution in [1.29, 1.82) is 0 Å². The standard InChI is InChI=1S/C41H37F4N7O5S/c1-50-37-32(21-48-52(40(37)54)23-26-7-5-8-30(16-26)55-2)38-39(50)49-36(58-38)24-51-22-28(19-47-51)6-3-4-15-56-31-10-12-35(29(18-31)20-46-13-14-53)57-25-27-9-11-34(42)33(17-27)41(43,44)45/h5,7-12,16-19,21-22,46,53H,4,13-15,20,23-25H2,1-2H3. The van der Waals surface area contributed by atoms with Gasteiger partial charge in [-0.2, -0.15) is 23.4 Å². The van der Waals surface area contributed by atoms with Crippen molar-refractivity contribution in [3.05, 3.63) is 128 Å². The van der Waals surface area contributed by atoms with Gasteiger partial charge >= 0.3 is 6.18 Å². The summed E-state index contributed by atoms with van der Waals surface area (Å²) in [6, 6.07) is 15.3. The second-order valence-electron chi connectivity index (χ2n) is 13.1. The highest BCUT2D eigenvalue weighted by molar-refractivity contribution is 7.19. The molecule has 2 N–H and O–H groups in total. The van der Waals surface area contributed by atoms with Gasteiger partial charge in [0.25, 0.3) is 5.56 Å². The molecule has 3 aromatic carbocycles. The summed E-state index contributed by atoms with van der Waals surface area (Å²) in [4.78, 5) is 18.3. The Labute approximate surface area is 333 Å². The molecular weight excluding hydrogens is 779 g/mol. The minimum atomic E-state index is -4.82. The number of benzene rings is 3. The molecule has 7 aromatic rings. The molecule has 300 valence electrons. The Kier molecular flexibility index (Phi) is 12.1. The van der Waals surface area contributed by atoms with Crippen LogP contribution in [0.1, 0.15) is 39.2 Å². The number of nitrogens with zero attached hydrogens (tertiary/aromatic N) is 6. The maximum absolute atomic E-state index is 13.7. The zero-order chi connectivity index (χ0) is 40.8. The van der Waals surface area contributed by atoms with E-state index < -0.39 is 17.6 Å². The third kappa shape index (κ3) is 9.15. The van der Waals surface area contributed by atoms with E-state index in [4.69, 9.17) is 19.2 Å². The molecule has 0 atom stereocenters. The lowest BCUT2D eigenvalue weighted by Gasteiger charge is -2.15. The summed E-state index contributed by atoms with van der Waals surface area (Å²) in [7, 11) is 3.43. The van der Waals surface area contributed by atoms with E-state index in [1.165, 1.54) is 22.1 Å². The fourth-order valence-corrected chi connectivity index (χ4v) is 7.36. The van der Waals surface area contributed by atoms with Crippen LogP contribution in [0.25, 0.3) is 21.3 Å². The zero-order valence-corrected chi connectivity index (χ0v) is 32.2. The molecule has 0 saturated heterocycles. The molecule has 12 nitrogen and oxygen atoms in total. The fraction of sp³-hybridized carbons (Fsp3) is 0.268. The number of thiazole rings is 1.